The minimum Gasteiger partial charge on any atom is -0.444 e. The van der Waals surface area contributed by atoms with Crippen LogP contribution in [-0.4, -0.2) is 54.1 Å². The fourth-order valence-electron chi connectivity index (χ4n) is 2.75. The second-order valence-corrected chi connectivity index (χ2v) is 7.62. The van der Waals surface area contributed by atoms with E-state index in [1.165, 1.54) is 11.8 Å². The summed E-state index contributed by atoms with van der Waals surface area (Å²) in [6.07, 6.45) is 4.26. The Labute approximate surface area is 144 Å². The number of rotatable bonds is 5. The molecule has 0 spiro atoms. The van der Waals surface area contributed by atoms with E-state index in [0.717, 1.165) is 32.1 Å². The van der Waals surface area contributed by atoms with Crippen LogP contribution in [0.15, 0.2) is 0 Å². The lowest BCUT2D eigenvalue weighted by molar-refractivity contribution is -0.133. The molecule has 1 saturated carbocycles. The van der Waals surface area contributed by atoms with Gasteiger partial charge in [-0.25, -0.2) is 4.79 Å². The molecule has 3 amide bonds. The molecule has 138 valence electrons. The first kappa shape index (κ1) is 20.3. The molecule has 24 heavy (non-hydrogen) atoms. The van der Waals surface area contributed by atoms with Gasteiger partial charge >= 0.3 is 6.09 Å². The monoisotopic (exact) mass is 341 g/mol. The second kappa shape index (κ2) is 8.35. The molecule has 1 rings (SSSR count). The van der Waals surface area contributed by atoms with E-state index in [0.29, 0.717) is 6.54 Å². The summed E-state index contributed by atoms with van der Waals surface area (Å²) >= 11 is 0. The van der Waals surface area contributed by atoms with Gasteiger partial charge in [-0.1, -0.05) is 19.3 Å². The first-order valence-corrected chi connectivity index (χ1v) is 8.53. The number of ether oxygens (including phenoxy) is 1. The Morgan fingerprint density at radius 2 is 1.71 bits per heavy atom. The van der Waals surface area contributed by atoms with Gasteiger partial charge in [-0.05, 0) is 33.6 Å². The van der Waals surface area contributed by atoms with Gasteiger partial charge in [0.05, 0.1) is 12.1 Å². The highest BCUT2D eigenvalue weighted by Crippen LogP contribution is 2.28. The van der Waals surface area contributed by atoms with Gasteiger partial charge < -0.3 is 20.3 Å². The molecule has 0 unspecified atom stereocenters. The van der Waals surface area contributed by atoms with Crippen LogP contribution in [0.1, 0.15) is 59.8 Å². The summed E-state index contributed by atoms with van der Waals surface area (Å²) in [6.45, 7) is 7.23. The van der Waals surface area contributed by atoms with Crippen molar-refractivity contribution in [3.05, 3.63) is 0 Å². The van der Waals surface area contributed by atoms with Gasteiger partial charge in [-0.3, -0.25) is 9.59 Å². The largest absolute Gasteiger partial charge is 0.444 e. The zero-order valence-corrected chi connectivity index (χ0v) is 15.5. The molecule has 7 nitrogen and oxygen atoms in total. The lowest BCUT2D eigenvalue weighted by Crippen LogP contribution is -2.58. The number of carbonyl (C=O) groups is 3. The standard InChI is InChI=1S/C17H31N3O4/c1-13(21)20(5)11-14(22)18-12-17(9-7-6-8-10-17)19-15(23)24-16(2,3)4/h6-12H2,1-5H3,(H,18,22)(H,19,23). The van der Waals surface area contributed by atoms with Crippen molar-refractivity contribution in [1.82, 2.24) is 15.5 Å². The fraction of sp³-hybridized carbons (Fsp3) is 0.824. The van der Waals surface area contributed by atoms with Crippen molar-refractivity contribution >= 4 is 17.9 Å². The smallest absolute Gasteiger partial charge is 0.408 e. The van der Waals surface area contributed by atoms with Gasteiger partial charge in [0, 0.05) is 20.5 Å². The van der Waals surface area contributed by atoms with E-state index < -0.39 is 17.2 Å². The van der Waals surface area contributed by atoms with Crippen LogP contribution in [0.3, 0.4) is 0 Å². The maximum absolute atomic E-state index is 12.1. The van der Waals surface area contributed by atoms with Crippen LogP contribution in [0.2, 0.25) is 0 Å². The van der Waals surface area contributed by atoms with Crippen molar-refractivity contribution in [2.24, 2.45) is 0 Å². The zero-order valence-electron chi connectivity index (χ0n) is 15.5. The third-order valence-electron chi connectivity index (χ3n) is 4.12. The van der Waals surface area contributed by atoms with E-state index in [2.05, 4.69) is 10.6 Å². The Morgan fingerprint density at radius 3 is 2.21 bits per heavy atom. The molecule has 0 aromatic carbocycles. The molecular weight excluding hydrogens is 310 g/mol. The van der Waals surface area contributed by atoms with Crippen LogP contribution in [0.4, 0.5) is 4.79 Å². The Kier molecular flexibility index (Phi) is 7.05. The number of carbonyl (C=O) groups excluding carboxylic acids is 3. The van der Waals surface area contributed by atoms with Gasteiger partial charge in [-0.15, -0.1) is 0 Å². The van der Waals surface area contributed by atoms with Gasteiger partial charge in [0.1, 0.15) is 5.60 Å². The van der Waals surface area contributed by atoms with Crippen molar-refractivity contribution in [3.8, 4) is 0 Å². The number of hydrogen-bond acceptors (Lipinski definition) is 4. The molecule has 0 bridgehead atoms. The van der Waals surface area contributed by atoms with Crippen molar-refractivity contribution < 1.29 is 19.1 Å². The minimum absolute atomic E-state index is 0.0118. The summed E-state index contributed by atoms with van der Waals surface area (Å²) in [7, 11) is 1.58. The third-order valence-corrected chi connectivity index (χ3v) is 4.12. The topological polar surface area (TPSA) is 87.7 Å². The molecule has 0 aromatic heterocycles. The quantitative estimate of drug-likeness (QED) is 0.798. The maximum Gasteiger partial charge on any atom is 0.408 e. The van der Waals surface area contributed by atoms with Gasteiger partial charge in [0.2, 0.25) is 11.8 Å². The average molecular weight is 341 g/mol. The highest BCUT2D eigenvalue weighted by Gasteiger charge is 2.35. The van der Waals surface area contributed by atoms with E-state index >= 15 is 0 Å². The van der Waals surface area contributed by atoms with E-state index in [4.69, 9.17) is 4.74 Å². The number of hydrogen-bond donors (Lipinski definition) is 2. The molecular formula is C17H31N3O4. The molecule has 0 radical (unpaired) electrons. The van der Waals surface area contributed by atoms with E-state index in [1.54, 1.807) is 7.05 Å². The average Bonchev–Trinajstić information content (AvgIpc) is 2.44. The molecule has 1 aliphatic carbocycles. The predicted molar refractivity (Wildman–Crippen MR) is 91.5 cm³/mol. The number of likely N-dealkylation sites (N-methyl/N-ethyl adjacent to an activating group) is 1. The molecule has 2 N–H and O–H groups in total. The SMILES string of the molecule is CC(=O)N(C)CC(=O)NCC1(NC(=O)OC(C)(C)C)CCCCC1. The van der Waals surface area contributed by atoms with E-state index in [1.807, 2.05) is 20.8 Å². The first-order valence-electron chi connectivity index (χ1n) is 8.53. The summed E-state index contributed by atoms with van der Waals surface area (Å²) < 4.78 is 5.35. The lowest BCUT2D eigenvalue weighted by atomic mass is 9.81. The summed E-state index contributed by atoms with van der Waals surface area (Å²) in [6, 6.07) is 0. The van der Waals surface area contributed by atoms with Gasteiger partial charge in [0.25, 0.3) is 0 Å². The normalized spacial score (nSPS) is 16.9. The molecule has 7 heteroatoms. The molecule has 1 aliphatic rings. The van der Waals surface area contributed by atoms with Crippen LogP contribution < -0.4 is 10.6 Å². The van der Waals surface area contributed by atoms with Gasteiger partial charge in [0.15, 0.2) is 0 Å². The predicted octanol–water partition coefficient (Wildman–Crippen LogP) is 1.81. The first-order chi connectivity index (χ1) is 11.0. The Bertz CT molecular complexity index is 465. The molecule has 1 fully saturated rings. The van der Waals surface area contributed by atoms with Crippen molar-refractivity contribution in [2.75, 3.05) is 20.1 Å². The molecule has 0 heterocycles. The van der Waals surface area contributed by atoms with Crippen molar-refractivity contribution in [3.63, 3.8) is 0 Å². The Hall–Kier alpha value is -1.79. The second-order valence-electron chi connectivity index (χ2n) is 7.62. The molecule has 0 saturated heterocycles. The summed E-state index contributed by atoms with van der Waals surface area (Å²) in [5.41, 5.74) is -1.04. The molecule has 0 aromatic rings. The van der Waals surface area contributed by atoms with Crippen LogP contribution in [0, 0.1) is 0 Å². The molecule has 0 atom stereocenters. The maximum atomic E-state index is 12.1. The Morgan fingerprint density at radius 1 is 1.12 bits per heavy atom. The minimum atomic E-state index is -0.562. The van der Waals surface area contributed by atoms with E-state index in [-0.39, 0.29) is 18.4 Å². The Balaban J connectivity index is 2.63. The summed E-state index contributed by atoms with van der Waals surface area (Å²) in [4.78, 5) is 36.7. The number of nitrogens with one attached hydrogen (secondary N) is 2. The van der Waals surface area contributed by atoms with Crippen LogP contribution in [0.5, 0.6) is 0 Å². The lowest BCUT2D eigenvalue weighted by Gasteiger charge is -2.38. The van der Waals surface area contributed by atoms with Crippen molar-refractivity contribution in [2.45, 2.75) is 70.9 Å². The fourth-order valence-corrected chi connectivity index (χ4v) is 2.75. The number of amides is 3. The highest BCUT2D eigenvalue weighted by molar-refractivity contribution is 5.83. The van der Waals surface area contributed by atoms with E-state index in [9.17, 15) is 14.4 Å². The van der Waals surface area contributed by atoms with Crippen LogP contribution in [-0.2, 0) is 14.3 Å². The van der Waals surface area contributed by atoms with Crippen LogP contribution >= 0.6 is 0 Å². The summed E-state index contributed by atoms with van der Waals surface area (Å²) in [5.74, 6) is -0.395. The summed E-state index contributed by atoms with van der Waals surface area (Å²) in [5, 5.41) is 5.81. The third kappa shape index (κ3) is 7.19. The number of alkyl carbamates (subject to hydrolysis) is 1. The van der Waals surface area contributed by atoms with Crippen LogP contribution in [0.25, 0.3) is 0 Å². The molecule has 0 aliphatic heterocycles. The van der Waals surface area contributed by atoms with Gasteiger partial charge in [-0.2, -0.15) is 0 Å². The van der Waals surface area contributed by atoms with Crippen molar-refractivity contribution in [1.29, 1.82) is 0 Å². The number of nitrogens with zero attached hydrogens (tertiary/aromatic N) is 1. The highest BCUT2D eigenvalue weighted by atomic mass is 16.6. The zero-order chi connectivity index (χ0) is 18.4.